The van der Waals surface area contributed by atoms with Crippen molar-refractivity contribution in [3.8, 4) is 0 Å². The second kappa shape index (κ2) is 8.41. The first-order chi connectivity index (χ1) is 11.0. The van der Waals surface area contributed by atoms with E-state index in [0.717, 1.165) is 24.7 Å². The maximum atomic E-state index is 12.8. The van der Waals surface area contributed by atoms with Crippen molar-refractivity contribution in [2.45, 2.75) is 50.3 Å². The van der Waals surface area contributed by atoms with Crippen LogP contribution in [0.3, 0.4) is 0 Å². The third-order valence-electron chi connectivity index (χ3n) is 4.23. The first kappa shape index (κ1) is 17.9. The zero-order valence-corrected chi connectivity index (χ0v) is 14.5. The largest absolute Gasteiger partial charge is 0.303 e. The molecular weight excluding hydrogens is 310 g/mol. The average molecular weight is 335 g/mol. The maximum absolute atomic E-state index is 12.8. The SMILES string of the molecule is Cc1ccc(S(=O)(=O)N(CC=C2CCCCC2)CCC=O)cc1. The lowest BCUT2D eigenvalue weighted by Crippen LogP contribution is -2.32. The molecule has 1 aliphatic carbocycles. The van der Waals surface area contributed by atoms with Crippen LogP contribution in [0, 0.1) is 6.92 Å². The van der Waals surface area contributed by atoms with Gasteiger partial charge in [0.25, 0.3) is 0 Å². The standard InChI is InChI=1S/C18H25NO3S/c1-16-8-10-18(11-9-16)23(21,22)19(13-5-15-20)14-12-17-6-3-2-4-7-17/h8-12,15H,2-7,13-14H2,1H3. The van der Waals surface area contributed by atoms with Crippen LogP contribution in [0.15, 0.2) is 40.8 Å². The van der Waals surface area contributed by atoms with Gasteiger partial charge in [-0.25, -0.2) is 8.42 Å². The van der Waals surface area contributed by atoms with E-state index in [-0.39, 0.29) is 17.9 Å². The van der Waals surface area contributed by atoms with E-state index in [2.05, 4.69) is 0 Å². The van der Waals surface area contributed by atoms with Gasteiger partial charge in [0.2, 0.25) is 10.0 Å². The molecule has 1 fully saturated rings. The van der Waals surface area contributed by atoms with Crippen molar-refractivity contribution in [3.05, 3.63) is 41.5 Å². The highest BCUT2D eigenvalue weighted by Crippen LogP contribution is 2.23. The topological polar surface area (TPSA) is 54.5 Å². The molecule has 0 saturated heterocycles. The first-order valence-electron chi connectivity index (χ1n) is 8.22. The lowest BCUT2D eigenvalue weighted by molar-refractivity contribution is -0.107. The summed E-state index contributed by atoms with van der Waals surface area (Å²) in [5.41, 5.74) is 2.36. The van der Waals surface area contributed by atoms with Gasteiger partial charge in [-0.1, -0.05) is 35.8 Å². The second-order valence-corrected chi connectivity index (χ2v) is 7.99. The average Bonchev–Trinajstić information content (AvgIpc) is 2.56. The summed E-state index contributed by atoms with van der Waals surface area (Å²) in [6, 6.07) is 6.85. The third-order valence-corrected chi connectivity index (χ3v) is 6.11. The molecule has 0 bridgehead atoms. The molecule has 5 heteroatoms. The molecule has 2 rings (SSSR count). The van der Waals surface area contributed by atoms with Gasteiger partial charge < -0.3 is 4.79 Å². The predicted molar refractivity (Wildman–Crippen MR) is 91.8 cm³/mol. The van der Waals surface area contributed by atoms with Crippen molar-refractivity contribution in [3.63, 3.8) is 0 Å². The van der Waals surface area contributed by atoms with Crippen LogP contribution in [0.2, 0.25) is 0 Å². The Morgan fingerprint density at radius 2 is 1.74 bits per heavy atom. The number of hydrogen-bond acceptors (Lipinski definition) is 3. The molecule has 1 aliphatic rings. The molecular formula is C18H25NO3S. The molecule has 0 spiro atoms. The fourth-order valence-electron chi connectivity index (χ4n) is 2.81. The number of aldehydes is 1. The molecule has 1 aromatic carbocycles. The molecule has 0 aliphatic heterocycles. The summed E-state index contributed by atoms with van der Waals surface area (Å²) in [5, 5.41) is 0. The van der Waals surface area contributed by atoms with E-state index < -0.39 is 10.0 Å². The van der Waals surface area contributed by atoms with Crippen LogP contribution in [-0.4, -0.2) is 32.1 Å². The summed E-state index contributed by atoms with van der Waals surface area (Å²) >= 11 is 0. The van der Waals surface area contributed by atoms with Crippen molar-refractivity contribution in [2.24, 2.45) is 0 Å². The second-order valence-electron chi connectivity index (χ2n) is 6.05. The summed E-state index contributed by atoms with van der Waals surface area (Å²) < 4.78 is 27.0. The Hall–Kier alpha value is -1.46. The van der Waals surface area contributed by atoms with E-state index in [9.17, 15) is 13.2 Å². The number of sulfonamides is 1. The van der Waals surface area contributed by atoms with Gasteiger partial charge in [0.15, 0.2) is 0 Å². The van der Waals surface area contributed by atoms with Crippen LogP contribution >= 0.6 is 0 Å². The third kappa shape index (κ3) is 5.01. The first-order valence-corrected chi connectivity index (χ1v) is 9.66. The van der Waals surface area contributed by atoms with Crippen molar-refractivity contribution in [1.29, 1.82) is 0 Å². The Balaban J connectivity index is 2.18. The number of hydrogen-bond donors (Lipinski definition) is 0. The van der Waals surface area contributed by atoms with E-state index in [0.29, 0.717) is 6.54 Å². The molecule has 0 N–H and O–H groups in total. The van der Waals surface area contributed by atoms with Crippen LogP contribution in [0.4, 0.5) is 0 Å². The van der Waals surface area contributed by atoms with Crippen molar-refractivity contribution < 1.29 is 13.2 Å². The molecule has 0 unspecified atom stereocenters. The van der Waals surface area contributed by atoms with Gasteiger partial charge in [-0.15, -0.1) is 0 Å². The van der Waals surface area contributed by atoms with Crippen molar-refractivity contribution >= 4 is 16.3 Å². The van der Waals surface area contributed by atoms with Crippen LogP contribution in [0.1, 0.15) is 44.1 Å². The Bertz CT molecular complexity index is 639. The van der Waals surface area contributed by atoms with Crippen molar-refractivity contribution in [2.75, 3.05) is 13.1 Å². The van der Waals surface area contributed by atoms with Gasteiger partial charge in [0.1, 0.15) is 6.29 Å². The molecule has 0 atom stereocenters. The molecule has 23 heavy (non-hydrogen) atoms. The van der Waals surface area contributed by atoms with E-state index in [1.165, 1.54) is 29.1 Å². The van der Waals surface area contributed by atoms with Gasteiger partial charge in [-0.2, -0.15) is 4.31 Å². The smallest absolute Gasteiger partial charge is 0.243 e. The van der Waals surface area contributed by atoms with E-state index in [1.54, 1.807) is 24.3 Å². The fourth-order valence-corrected chi connectivity index (χ4v) is 4.20. The number of benzene rings is 1. The molecule has 4 nitrogen and oxygen atoms in total. The highest BCUT2D eigenvalue weighted by molar-refractivity contribution is 7.89. The highest BCUT2D eigenvalue weighted by atomic mass is 32.2. The molecule has 1 aromatic rings. The van der Waals surface area contributed by atoms with Crippen LogP contribution in [-0.2, 0) is 14.8 Å². The monoisotopic (exact) mass is 335 g/mol. The summed E-state index contributed by atoms with van der Waals surface area (Å²) in [6.07, 6.45) is 8.78. The summed E-state index contributed by atoms with van der Waals surface area (Å²) in [5.74, 6) is 0. The Kier molecular flexibility index (Phi) is 6.54. The number of allylic oxidation sites excluding steroid dienone is 1. The summed E-state index contributed by atoms with van der Waals surface area (Å²) in [4.78, 5) is 11.0. The predicted octanol–water partition coefficient (Wildman–Crippen LogP) is 3.47. The molecule has 0 amide bonds. The van der Waals surface area contributed by atoms with Crippen LogP contribution in [0.5, 0.6) is 0 Å². The van der Waals surface area contributed by atoms with Crippen LogP contribution < -0.4 is 0 Å². The molecule has 0 radical (unpaired) electrons. The molecule has 126 valence electrons. The normalized spacial score (nSPS) is 15.7. The lowest BCUT2D eigenvalue weighted by atomic mass is 9.95. The summed E-state index contributed by atoms with van der Waals surface area (Å²) in [6.45, 7) is 2.50. The van der Waals surface area contributed by atoms with Crippen molar-refractivity contribution in [1.82, 2.24) is 4.31 Å². The van der Waals surface area contributed by atoms with Gasteiger partial charge in [-0.3, -0.25) is 0 Å². The number of carbonyl (C=O) groups is 1. The number of carbonyl (C=O) groups excluding carboxylic acids is 1. The Morgan fingerprint density at radius 1 is 1.09 bits per heavy atom. The molecule has 0 heterocycles. The quantitative estimate of drug-likeness (QED) is 0.566. The van der Waals surface area contributed by atoms with Gasteiger partial charge >= 0.3 is 0 Å². The Labute approximate surface area is 139 Å². The highest BCUT2D eigenvalue weighted by Gasteiger charge is 2.23. The van der Waals surface area contributed by atoms with Crippen LogP contribution in [0.25, 0.3) is 0 Å². The molecule has 1 saturated carbocycles. The summed E-state index contributed by atoms with van der Waals surface area (Å²) in [7, 11) is -3.56. The van der Waals surface area contributed by atoms with Gasteiger partial charge in [0.05, 0.1) is 4.90 Å². The Morgan fingerprint density at radius 3 is 2.35 bits per heavy atom. The minimum Gasteiger partial charge on any atom is -0.303 e. The fraction of sp³-hybridized carbons (Fsp3) is 0.500. The zero-order chi connectivity index (χ0) is 16.7. The molecule has 0 aromatic heterocycles. The van der Waals surface area contributed by atoms with E-state index >= 15 is 0 Å². The van der Waals surface area contributed by atoms with Gasteiger partial charge in [0, 0.05) is 19.5 Å². The van der Waals surface area contributed by atoms with E-state index in [1.807, 2.05) is 13.0 Å². The number of nitrogens with zero attached hydrogens (tertiary/aromatic N) is 1. The maximum Gasteiger partial charge on any atom is 0.243 e. The zero-order valence-electron chi connectivity index (χ0n) is 13.7. The lowest BCUT2D eigenvalue weighted by Gasteiger charge is -2.21. The van der Waals surface area contributed by atoms with Gasteiger partial charge in [-0.05, 0) is 44.7 Å². The van der Waals surface area contributed by atoms with E-state index in [4.69, 9.17) is 0 Å². The minimum atomic E-state index is -3.56. The minimum absolute atomic E-state index is 0.217. The number of rotatable bonds is 7. The number of aryl methyl sites for hydroxylation is 1.